The van der Waals surface area contributed by atoms with Gasteiger partial charge in [0.25, 0.3) is 0 Å². The smallest absolute Gasteiger partial charge is 0.410 e. The summed E-state index contributed by atoms with van der Waals surface area (Å²) in [5.41, 5.74) is -1.29. The lowest BCUT2D eigenvalue weighted by atomic mass is 9.70. The zero-order valence-electron chi connectivity index (χ0n) is 18.5. The van der Waals surface area contributed by atoms with Crippen molar-refractivity contribution in [2.45, 2.75) is 94.6 Å². The summed E-state index contributed by atoms with van der Waals surface area (Å²) in [5, 5.41) is 0. The molecule has 0 unspecified atom stereocenters. The standard InChI is InChI=1S/C19H35NO3.C2H6/c1-16(2,3)23-15(22)20-12-17(4,5)10-14(21)19(8,9)11-18(6,7)13-20;1-2/h10-13H2,1-9H3;1-2H3. The molecule has 0 aromatic rings. The molecule has 0 spiro atoms. The van der Waals surface area contributed by atoms with E-state index in [1.54, 1.807) is 4.90 Å². The van der Waals surface area contributed by atoms with Gasteiger partial charge in [0.2, 0.25) is 0 Å². The van der Waals surface area contributed by atoms with E-state index in [4.69, 9.17) is 4.74 Å². The molecule has 0 bridgehead atoms. The van der Waals surface area contributed by atoms with Crippen molar-refractivity contribution in [1.29, 1.82) is 0 Å². The van der Waals surface area contributed by atoms with Crippen LogP contribution in [-0.4, -0.2) is 35.5 Å². The van der Waals surface area contributed by atoms with Crippen LogP contribution in [0, 0.1) is 16.2 Å². The molecule has 0 radical (unpaired) electrons. The van der Waals surface area contributed by atoms with Gasteiger partial charge in [-0.2, -0.15) is 0 Å². The molecular weight excluding hydrogens is 314 g/mol. The van der Waals surface area contributed by atoms with Crippen LogP contribution in [0.3, 0.4) is 0 Å². The third-order valence-corrected chi connectivity index (χ3v) is 4.20. The number of carbonyl (C=O) groups excluding carboxylic acids is 2. The summed E-state index contributed by atoms with van der Waals surface area (Å²) >= 11 is 0. The molecule has 1 amide bonds. The van der Waals surface area contributed by atoms with E-state index in [-0.39, 0.29) is 28.1 Å². The van der Waals surface area contributed by atoms with Crippen LogP contribution in [0.25, 0.3) is 0 Å². The van der Waals surface area contributed by atoms with Crippen molar-refractivity contribution in [3.05, 3.63) is 0 Å². The molecule has 148 valence electrons. The molecule has 4 heteroatoms. The van der Waals surface area contributed by atoms with Crippen molar-refractivity contribution >= 4 is 11.9 Å². The molecule has 1 saturated heterocycles. The molecular formula is C21H41NO3. The Morgan fingerprint density at radius 3 is 1.84 bits per heavy atom. The molecule has 1 aliphatic heterocycles. The number of amides is 1. The van der Waals surface area contributed by atoms with Gasteiger partial charge in [0.1, 0.15) is 11.4 Å². The highest BCUT2D eigenvalue weighted by Crippen LogP contribution is 2.40. The van der Waals surface area contributed by atoms with Crippen molar-refractivity contribution in [2.24, 2.45) is 16.2 Å². The zero-order chi connectivity index (χ0) is 20.3. The average Bonchev–Trinajstić information content (AvgIpc) is 2.36. The summed E-state index contributed by atoms with van der Waals surface area (Å²) in [6, 6.07) is 0. The van der Waals surface area contributed by atoms with Gasteiger partial charge in [-0.1, -0.05) is 55.4 Å². The highest BCUT2D eigenvalue weighted by atomic mass is 16.6. The van der Waals surface area contributed by atoms with Gasteiger partial charge < -0.3 is 9.64 Å². The quantitative estimate of drug-likeness (QED) is 0.560. The minimum absolute atomic E-state index is 0.142. The Morgan fingerprint density at radius 2 is 1.40 bits per heavy atom. The summed E-state index contributed by atoms with van der Waals surface area (Å²) in [5.74, 6) is 0.279. The monoisotopic (exact) mass is 355 g/mol. The number of hydrogen-bond acceptors (Lipinski definition) is 3. The average molecular weight is 356 g/mol. The van der Waals surface area contributed by atoms with E-state index in [0.717, 1.165) is 6.42 Å². The summed E-state index contributed by atoms with van der Waals surface area (Å²) in [6.45, 7) is 23.2. The Bertz CT molecular complexity index is 470. The lowest BCUT2D eigenvalue weighted by Gasteiger charge is -2.37. The van der Waals surface area contributed by atoms with Gasteiger partial charge in [0, 0.05) is 24.9 Å². The third kappa shape index (κ3) is 8.24. The van der Waals surface area contributed by atoms with Crippen LogP contribution in [0.4, 0.5) is 4.79 Å². The van der Waals surface area contributed by atoms with E-state index in [1.165, 1.54) is 0 Å². The fourth-order valence-corrected chi connectivity index (χ4v) is 3.63. The number of hydrogen-bond donors (Lipinski definition) is 0. The summed E-state index contributed by atoms with van der Waals surface area (Å²) in [7, 11) is 0. The normalized spacial score (nSPS) is 22.7. The SMILES string of the molecule is CC.CC1(C)CC(=O)C(C)(C)CC(C)(C)CN(C(=O)OC(C)(C)C)C1. The van der Waals surface area contributed by atoms with Gasteiger partial charge >= 0.3 is 6.09 Å². The van der Waals surface area contributed by atoms with Crippen LogP contribution in [0.5, 0.6) is 0 Å². The van der Waals surface area contributed by atoms with Crippen LogP contribution in [0.1, 0.15) is 89.0 Å². The number of nitrogens with zero attached hydrogens (tertiary/aromatic N) is 1. The van der Waals surface area contributed by atoms with Crippen LogP contribution < -0.4 is 0 Å². The van der Waals surface area contributed by atoms with E-state index in [0.29, 0.717) is 19.5 Å². The van der Waals surface area contributed by atoms with Gasteiger partial charge in [-0.05, 0) is 38.0 Å². The Hall–Kier alpha value is -1.06. The van der Waals surface area contributed by atoms with E-state index in [9.17, 15) is 9.59 Å². The second-order valence-corrected chi connectivity index (χ2v) is 10.3. The topological polar surface area (TPSA) is 46.6 Å². The largest absolute Gasteiger partial charge is 0.444 e. The lowest BCUT2D eigenvalue weighted by Crippen LogP contribution is -2.45. The molecule has 0 aliphatic carbocycles. The molecule has 0 N–H and O–H groups in total. The third-order valence-electron chi connectivity index (χ3n) is 4.20. The Labute approximate surface area is 155 Å². The molecule has 1 aliphatic rings. The number of ether oxygens (including phenoxy) is 1. The zero-order valence-corrected chi connectivity index (χ0v) is 18.5. The Kier molecular flexibility index (Phi) is 7.75. The molecule has 0 saturated carbocycles. The first-order valence-corrected chi connectivity index (χ1v) is 9.54. The number of rotatable bonds is 0. The summed E-state index contributed by atoms with van der Waals surface area (Å²) in [6.07, 6.45) is 0.953. The number of carbonyl (C=O) groups is 2. The molecule has 1 rings (SSSR count). The first kappa shape index (κ1) is 23.9. The van der Waals surface area contributed by atoms with E-state index >= 15 is 0 Å². The van der Waals surface area contributed by atoms with Gasteiger partial charge in [-0.3, -0.25) is 4.79 Å². The minimum atomic E-state index is -0.515. The van der Waals surface area contributed by atoms with E-state index < -0.39 is 5.60 Å². The molecule has 1 fully saturated rings. The Morgan fingerprint density at radius 1 is 0.960 bits per heavy atom. The van der Waals surface area contributed by atoms with Crippen molar-refractivity contribution in [3.8, 4) is 0 Å². The molecule has 25 heavy (non-hydrogen) atoms. The molecule has 0 aromatic carbocycles. The van der Waals surface area contributed by atoms with Crippen LogP contribution in [0.15, 0.2) is 0 Å². The van der Waals surface area contributed by atoms with Gasteiger partial charge in [-0.25, -0.2) is 4.79 Å². The maximum atomic E-state index is 12.7. The highest BCUT2D eigenvalue weighted by Gasteiger charge is 2.42. The van der Waals surface area contributed by atoms with Crippen molar-refractivity contribution in [2.75, 3.05) is 13.1 Å². The number of Topliss-reactive ketones (excluding diaryl/α,β-unsaturated/α-hetero) is 1. The maximum absolute atomic E-state index is 12.7. The van der Waals surface area contributed by atoms with Gasteiger partial charge in [0.15, 0.2) is 0 Å². The van der Waals surface area contributed by atoms with Crippen molar-refractivity contribution in [1.82, 2.24) is 4.90 Å². The minimum Gasteiger partial charge on any atom is -0.444 e. The maximum Gasteiger partial charge on any atom is 0.410 e. The van der Waals surface area contributed by atoms with Crippen molar-refractivity contribution in [3.63, 3.8) is 0 Å². The fourth-order valence-electron chi connectivity index (χ4n) is 3.63. The first-order chi connectivity index (χ1) is 11.0. The highest BCUT2D eigenvalue weighted by molar-refractivity contribution is 5.84. The molecule has 0 aromatic heterocycles. The second kappa shape index (κ2) is 8.09. The van der Waals surface area contributed by atoms with Crippen LogP contribution in [-0.2, 0) is 9.53 Å². The molecule has 4 nitrogen and oxygen atoms in total. The summed E-state index contributed by atoms with van der Waals surface area (Å²) in [4.78, 5) is 27.1. The predicted molar refractivity (Wildman–Crippen MR) is 105 cm³/mol. The van der Waals surface area contributed by atoms with Crippen LogP contribution in [0.2, 0.25) is 0 Å². The van der Waals surface area contributed by atoms with Gasteiger partial charge in [0.05, 0.1) is 0 Å². The fraction of sp³-hybridized carbons (Fsp3) is 0.905. The first-order valence-electron chi connectivity index (χ1n) is 9.54. The lowest BCUT2D eigenvalue weighted by molar-refractivity contribution is -0.130. The Balaban J connectivity index is 0.00000277. The number of ketones is 1. The van der Waals surface area contributed by atoms with Gasteiger partial charge in [-0.15, -0.1) is 0 Å². The van der Waals surface area contributed by atoms with Crippen LogP contribution >= 0.6 is 0 Å². The molecule has 1 heterocycles. The molecule has 0 atom stereocenters. The second-order valence-electron chi connectivity index (χ2n) is 10.3. The van der Waals surface area contributed by atoms with Crippen molar-refractivity contribution < 1.29 is 14.3 Å². The summed E-state index contributed by atoms with van der Waals surface area (Å²) < 4.78 is 5.58. The predicted octanol–water partition coefficient (Wildman–Crippen LogP) is 5.69. The van der Waals surface area contributed by atoms with E-state index in [1.807, 2.05) is 48.5 Å². The van der Waals surface area contributed by atoms with E-state index in [2.05, 4.69) is 27.7 Å².